The van der Waals surface area contributed by atoms with Crippen molar-refractivity contribution < 1.29 is 9.59 Å². The van der Waals surface area contributed by atoms with Gasteiger partial charge in [-0.2, -0.15) is 0 Å². The number of anilines is 2. The zero-order chi connectivity index (χ0) is 18.4. The van der Waals surface area contributed by atoms with Gasteiger partial charge in [0.1, 0.15) is 0 Å². The van der Waals surface area contributed by atoms with E-state index in [0.29, 0.717) is 16.9 Å². The molecule has 0 aliphatic heterocycles. The maximum Gasteiger partial charge on any atom is 0.258 e. The number of hydrogen-bond donors (Lipinski definition) is 3. The molecule has 2 aromatic carbocycles. The normalized spacial score (nSPS) is 10.2. The highest BCUT2D eigenvalue weighted by Gasteiger charge is 2.11. The van der Waals surface area contributed by atoms with Gasteiger partial charge in [0.2, 0.25) is 5.91 Å². The summed E-state index contributed by atoms with van der Waals surface area (Å²) in [5, 5.41) is 8.61. The van der Waals surface area contributed by atoms with E-state index >= 15 is 0 Å². The smallest absolute Gasteiger partial charge is 0.258 e. The summed E-state index contributed by atoms with van der Waals surface area (Å²) < 4.78 is 0.846. The first-order valence-corrected chi connectivity index (χ1v) is 9.13. The van der Waals surface area contributed by atoms with Crippen molar-refractivity contribution in [3.8, 4) is 0 Å². The second-order valence-electron chi connectivity index (χ2n) is 5.61. The van der Waals surface area contributed by atoms with Crippen molar-refractivity contribution in [2.45, 2.75) is 13.8 Å². The van der Waals surface area contributed by atoms with Gasteiger partial charge in [0.25, 0.3) is 5.91 Å². The van der Waals surface area contributed by atoms with Crippen LogP contribution in [0.3, 0.4) is 0 Å². The Balaban J connectivity index is 2.00. The highest BCUT2D eigenvalue weighted by atomic mass is 127. The number of nitrogens with one attached hydrogen (secondary N) is 3. The molecule has 0 atom stereocenters. The molecule has 0 unspecified atom stereocenters. The average Bonchev–Trinajstić information content (AvgIpc) is 2.55. The topological polar surface area (TPSA) is 70.2 Å². The molecule has 25 heavy (non-hydrogen) atoms. The van der Waals surface area contributed by atoms with Crippen LogP contribution < -0.4 is 16.0 Å². The fraction of sp³-hybridized carbons (Fsp3) is 0.167. The Labute approximate surface area is 165 Å². The van der Waals surface area contributed by atoms with Crippen LogP contribution in [0.2, 0.25) is 0 Å². The van der Waals surface area contributed by atoms with Crippen LogP contribution in [0, 0.1) is 9.49 Å². The van der Waals surface area contributed by atoms with Gasteiger partial charge in [0, 0.05) is 20.9 Å². The molecule has 2 aromatic rings. The predicted octanol–water partition coefficient (Wildman–Crippen LogP) is 4.01. The molecule has 2 amide bonds. The highest BCUT2D eigenvalue weighted by molar-refractivity contribution is 14.1. The average molecular weight is 467 g/mol. The first-order chi connectivity index (χ1) is 11.9. The lowest BCUT2D eigenvalue weighted by Crippen LogP contribution is -2.34. The van der Waals surface area contributed by atoms with Crippen molar-refractivity contribution in [2.24, 2.45) is 5.92 Å². The Morgan fingerprint density at radius 1 is 1.00 bits per heavy atom. The fourth-order valence-electron chi connectivity index (χ4n) is 1.94. The number of thiocarbonyl (C=S) groups is 1. The van der Waals surface area contributed by atoms with Crippen LogP contribution in [0.1, 0.15) is 24.2 Å². The Morgan fingerprint density at radius 2 is 1.64 bits per heavy atom. The fourth-order valence-corrected chi connectivity index (χ4v) is 2.78. The maximum atomic E-state index is 12.3. The van der Waals surface area contributed by atoms with Gasteiger partial charge in [-0.3, -0.25) is 14.9 Å². The molecule has 0 aliphatic rings. The predicted molar refractivity (Wildman–Crippen MR) is 113 cm³/mol. The molecule has 5 nitrogen and oxygen atoms in total. The van der Waals surface area contributed by atoms with Gasteiger partial charge in [-0.05, 0) is 65.1 Å². The monoisotopic (exact) mass is 467 g/mol. The van der Waals surface area contributed by atoms with Crippen LogP contribution >= 0.6 is 34.8 Å². The number of carbonyl (C=O) groups excluding carboxylic acids is 2. The maximum absolute atomic E-state index is 12.3. The van der Waals surface area contributed by atoms with Crippen LogP contribution in [0.25, 0.3) is 0 Å². The molecule has 0 bridgehead atoms. The molecule has 0 saturated heterocycles. The summed E-state index contributed by atoms with van der Waals surface area (Å²) in [6.45, 7) is 3.65. The van der Waals surface area contributed by atoms with Crippen molar-refractivity contribution >= 4 is 63.1 Å². The third-order valence-electron chi connectivity index (χ3n) is 3.26. The lowest BCUT2D eigenvalue weighted by Gasteiger charge is -2.12. The molecular formula is C18H18IN3O2S. The highest BCUT2D eigenvalue weighted by Crippen LogP contribution is 2.16. The molecular weight excluding hydrogens is 449 g/mol. The van der Waals surface area contributed by atoms with Gasteiger partial charge in [-0.1, -0.05) is 32.0 Å². The summed E-state index contributed by atoms with van der Waals surface area (Å²) >= 11 is 7.30. The van der Waals surface area contributed by atoms with E-state index in [2.05, 4.69) is 38.5 Å². The van der Waals surface area contributed by atoms with E-state index in [1.54, 1.807) is 36.4 Å². The molecule has 0 saturated carbocycles. The number of halogens is 1. The molecule has 3 N–H and O–H groups in total. The number of rotatable bonds is 4. The van der Waals surface area contributed by atoms with E-state index in [-0.39, 0.29) is 22.8 Å². The van der Waals surface area contributed by atoms with Gasteiger partial charge < -0.3 is 10.6 Å². The number of hydrogen-bond acceptors (Lipinski definition) is 3. The molecule has 0 fully saturated rings. The number of carbonyl (C=O) groups is 2. The van der Waals surface area contributed by atoms with Crippen LogP contribution in [0.5, 0.6) is 0 Å². The third kappa shape index (κ3) is 5.79. The lowest BCUT2D eigenvalue weighted by atomic mass is 10.2. The molecule has 0 heterocycles. The second kappa shape index (κ2) is 8.91. The second-order valence-corrected chi connectivity index (χ2v) is 7.18. The summed E-state index contributed by atoms with van der Waals surface area (Å²) in [7, 11) is 0. The summed E-state index contributed by atoms with van der Waals surface area (Å²) in [5.74, 6) is -0.441. The number of amides is 2. The Kier molecular flexibility index (Phi) is 6.89. The third-order valence-corrected chi connectivity index (χ3v) is 4.40. The van der Waals surface area contributed by atoms with E-state index < -0.39 is 0 Å². The van der Waals surface area contributed by atoms with Crippen LogP contribution in [0.15, 0.2) is 48.5 Å². The minimum atomic E-state index is -0.272. The molecule has 0 radical (unpaired) electrons. The summed E-state index contributed by atoms with van der Waals surface area (Å²) in [5.41, 5.74) is 1.90. The van der Waals surface area contributed by atoms with Gasteiger partial charge >= 0.3 is 0 Å². The standard InChI is InChI=1S/C18H18IN3O2S/c1-11(2)16(23)20-12-6-5-7-13(10-12)21-18(25)22-17(24)14-8-3-4-9-15(14)19/h3-11H,1-2H3,(H,20,23)(H2,21,22,24,25). The minimum absolute atomic E-state index is 0.0633. The van der Waals surface area contributed by atoms with Crippen LogP contribution in [-0.2, 0) is 4.79 Å². The minimum Gasteiger partial charge on any atom is -0.332 e. The SMILES string of the molecule is CC(C)C(=O)Nc1cccc(NC(=S)NC(=O)c2ccccc2I)c1. The first-order valence-electron chi connectivity index (χ1n) is 7.64. The molecule has 0 aromatic heterocycles. The zero-order valence-electron chi connectivity index (χ0n) is 13.8. The summed E-state index contributed by atoms with van der Waals surface area (Å²) in [6.07, 6.45) is 0. The van der Waals surface area contributed by atoms with Crippen LogP contribution in [0.4, 0.5) is 11.4 Å². The first kappa shape index (κ1) is 19.3. The van der Waals surface area contributed by atoms with E-state index in [1.807, 2.05) is 26.0 Å². The largest absolute Gasteiger partial charge is 0.332 e. The Hall–Kier alpha value is -2.00. The van der Waals surface area contributed by atoms with Gasteiger partial charge in [0.15, 0.2) is 5.11 Å². The lowest BCUT2D eigenvalue weighted by molar-refractivity contribution is -0.118. The van der Waals surface area contributed by atoms with Crippen molar-refractivity contribution in [1.29, 1.82) is 0 Å². The van der Waals surface area contributed by atoms with Crippen molar-refractivity contribution in [1.82, 2.24) is 5.32 Å². The molecule has 130 valence electrons. The summed E-state index contributed by atoms with van der Waals surface area (Å²) in [4.78, 5) is 24.0. The van der Waals surface area contributed by atoms with E-state index in [4.69, 9.17) is 12.2 Å². The van der Waals surface area contributed by atoms with Crippen molar-refractivity contribution in [3.05, 3.63) is 57.7 Å². The van der Waals surface area contributed by atoms with E-state index in [1.165, 1.54) is 0 Å². The molecule has 0 aliphatic carbocycles. The van der Waals surface area contributed by atoms with Gasteiger partial charge in [-0.15, -0.1) is 0 Å². The van der Waals surface area contributed by atoms with Crippen LogP contribution in [-0.4, -0.2) is 16.9 Å². The quantitative estimate of drug-likeness (QED) is 0.470. The van der Waals surface area contributed by atoms with E-state index in [9.17, 15) is 9.59 Å². The van der Waals surface area contributed by atoms with Crippen molar-refractivity contribution in [2.75, 3.05) is 10.6 Å². The van der Waals surface area contributed by atoms with Gasteiger partial charge in [0.05, 0.1) is 5.56 Å². The number of benzene rings is 2. The molecule has 2 rings (SSSR count). The summed E-state index contributed by atoms with van der Waals surface area (Å²) in [6, 6.07) is 14.4. The molecule has 0 spiro atoms. The Morgan fingerprint density at radius 3 is 2.28 bits per heavy atom. The molecule has 7 heteroatoms. The van der Waals surface area contributed by atoms with Crippen molar-refractivity contribution in [3.63, 3.8) is 0 Å². The van der Waals surface area contributed by atoms with Gasteiger partial charge in [-0.25, -0.2) is 0 Å². The Bertz CT molecular complexity index is 808. The van der Waals surface area contributed by atoms with E-state index in [0.717, 1.165) is 3.57 Å². The zero-order valence-corrected chi connectivity index (χ0v) is 16.8.